The third-order valence-corrected chi connectivity index (χ3v) is 4.58. The van der Waals surface area contributed by atoms with Crippen molar-refractivity contribution in [3.8, 4) is 0 Å². The zero-order chi connectivity index (χ0) is 15.4. The summed E-state index contributed by atoms with van der Waals surface area (Å²) in [7, 11) is 2.11. The van der Waals surface area contributed by atoms with Gasteiger partial charge in [0.1, 0.15) is 0 Å². The number of rotatable bonds is 5. The highest BCUT2D eigenvalue weighted by Crippen LogP contribution is 2.24. The summed E-state index contributed by atoms with van der Waals surface area (Å²) >= 11 is 0. The fourth-order valence-corrected chi connectivity index (χ4v) is 3.13. The van der Waals surface area contributed by atoms with Crippen molar-refractivity contribution in [1.29, 1.82) is 0 Å². The summed E-state index contributed by atoms with van der Waals surface area (Å²) in [6.45, 7) is 4.17. The topological polar surface area (TPSA) is 32.5 Å². The lowest BCUT2D eigenvalue weighted by Gasteiger charge is -2.20. The van der Waals surface area contributed by atoms with Crippen LogP contribution in [0.5, 0.6) is 0 Å². The van der Waals surface area contributed by atoms with E-state index >= 15 is 0 Å². The summed E-state index contributed by atoms with van der Waals surface area (Å²) in [5.41, 5.74) is 9.57. The van der Waals surface area contributed by atoms with Crippen LogP contribution in [-0.2, 0) is 6.54 Å². The maximum Gasteiger partial charge on any atom is 0.0408 e. The summed E-state index contributed by atoms with van der Waals surface area (Å²) in [5.74, 6) is 0.684. The predicted molar refractivity (Wildman–Crippen MR) is 93.4 cm³/mol. The monoisotopic (exact) mass is 295 g/mol. The molecule has 1 saturated heterocycles. The number of nitrogens with two attached hydrogens (primary N) is 1. The molecule has 2 N–H and O–H groups in total. The Bertz CT molecular complexity index is 579. The lowest BCUT2D eigenvalue weighted by molar-refractivity contribution is 0.318. The van der Waals surface area contributed by atoms with Crippen LogP contribution in [0.1, 0.15) is 12.0 Å². The molecule has 2 aromatic carbocycles. The third-order valence-electron chi connectivity index (χ3n) is 4.58. The molecule has 3 nitrogen and oxygen atoms in total. The van der Waals surface area contributed by atoms with Crippen LogP contribution in [0.2, 0.25) is 0 Å². The van der Waals surface area contributed by atoms with Gasteiger partial charge in [-0.05, 0) is 55.3 Å². The van der Waals surface area contributed by atoms with E-state index in [1.165, 1.54) is 29.9 Å². The lowest BCUT2D eigenvalue weighted by Crippen LogP contribution is -2.22. The SMILES string of the molecule is CN(c1ccccc1)c1ccc(CN2CC[C@H](CN)C2)cc1. The van der Waals surface area contributed by atoms with Crippen LogP contribution in [0.3, 0.4) is 0 Å². The Labute approximate surface area is 133 Å². The molecule has 1 heterocycles. The van der Waals surface area contributed by atoms with E-state index in [2.05, 4.69) is 65.4 Å². The van der Waals surface area contributed by atoms with Gasteiger partial charge in [-0.1, -0.05) is 30.3 Å². The second-order valence-corrected chi connectivity index (χ2v) is 6.19. The highest BCUT2D eigenvalue weighted by Gasteiger charge is 2.20. The van der Waals surface area contributed by atoms with Crippen molar-refractivity contribution in [2.45, 2.75) is 13.0 Å². The standard InChI is InChI=1S/C19H25N3/c1-21(18-5-3-2-4-6-18)19-9-7-16(8-10-19)14-22-12-11-17(13-20)15-22/h2-10,17H,11-15,20H2,1H3/t17-/m1/s1. The van der Waals surface area contributed by atoms with Gasteiger partial charge in [0, 0.05) is 31.5 Å². The van der Waals surface area contributed by atoms with Crippen LogP contribution < -0.4 is 10.6 Å². The molecule has 1 aliphatic heterocycles. The number of anilines is 2. The number of benzene rings is 2. The number of hydrogen-bond acceptors (Lipinski definition) is 3. The summed E-state index contributed by atoms with van der Waals surface area (Å²) < 4.78 is 0. The van der Waals surface area contributed by atoms with Gasteiger partial charge < -0.3 is 10.6 Å². The van der Waals surface area contributed by atoms with Crippen LogP contribution in [0.25, 0.3) is 0 Å². The Balaban J connectivity index is 1.63. The Hall–Kier alpha value is -1.84. The maximum atomic E-state index is 5.77. The highest BCUT2D eigenvalue weighted by atomic mass is 15.1. The molecule has 0 bridgehead atoms. The summed E-state index contributed by atoms with van der Waals surface area (Å²) in [5, 5.41) is 0. The fraction of sp³-hybridized carbons (Fsp3) is 0.368. The minimum atomic E-state index is 0.684. The van der Waals surface area contributed by atoms with Crippen molar-refractivity contribution >= 4 is 11.4 Å². The molecule has 116 valence electrons. The molecule has 0 aromatic heterocycles. The number of para-hydroxylation sites is 1. The minimum absolute atomic E-state index is 0.684. The summed E-state index contributed by atoms with van der Waals surface area (Å²) in [4.78, 5) is 4.72. The number of likely N-dealkylation sites (tertiary alicyclic amines) is 1. The Morgan fingerprint density at radius 3 is 2.36 bits per heavy atom. The van der Waals surface area contributed by atoms with Crippen molar-refractivity contribution < 1.29 is 0 Å². The van der Waals surface area contributed by atoms with Gasteiger partial charge in [-0.2, -0.15) is 0 Å². The Kier molecular flexibility index (Phi) is 4.76. The molecular formula is C19H25N3. The normalized spacial score (nSPS) is 18.5. The molecule has 1 atom stereocenters. The van der Waals surface area contributed by atoms with Crippen LogP contribution >= 0.6 is 0 Å². The van der Waals surface area contributed by atoms with Crippen LogP contribution in [0.4, 0.5) is 11.4 Å². The third kappa shape index (κ3) is 3.49. The van der Waals surface area contributed by atoms with Crippen LogP contribution in [0.15, 0.2) is 54.6 Å². The highest BCUT2D eigenvalue weighted by molar-refractivity contribution is 5.62. The first-order valence-corrected chi connectivity index (χ1v) is 8.06. The molecular weight excluding hydrogens is 270 g/mol. The van der Waals surface area contributed by atoms with Gasteiger partial charge in [0.2, 0.25) is 0 Å². The van der Waals surface area contributed by atoms with E-state index in [0.717, 1.165) is 19.6 Å². The average molecular weight is 295 g/mol. The molecule has 1 fully saturated rings. The summed E-state index contributed by atoms with van der Waals surface area (Å²) in [6.07, 6.45) is 1.24. The van der Waals surface area contributed by atoms with E-state index in [1.54, 1.807) is 0 Å². The van der Waals surface area contributed by atoms with E-state index in [1.807, 2.05) is 6.07 Å². The van der Waals surface area contributed by atoms with E-state index in [9.17, 15) is 0 Å². The first-order valence-electron chi connectivity index (χ1n) is 8.06. The first-order chi connectivity index (χ1) is 10.8. The van der Waals surface area contributed by atoms with E-state index in [-0.39, 0.29) is 0 Å². The minimum Gasteiger partial charge on any atom is -0.345 e. The summed E-state index contributed by atoms with van der Waals surface area (Å²) in [6, 6.07) is 19.3. The Morgan fingerprint density at radius 1 is 1.05 bits per heavy atom. The van der Waals surface area contributed by atoms with Gasteiger partial charge in [0.15, 0.2) is 0 Å². The quantitative estimate of drug-likeness (QED) is 0.919. The van der Waals surface area contributed by atoms with Gasteiger partial charge in [-0.15, -0.1) is 0 Å². The van der Waals surface area contributed by atoms with Gasteiger partial charge in [0.05, 0.1) is 0 Å². The van der Waals surface area contributed by atoms with E-state index in [4.69, 9.17) is 5.73 Å². The average Bonchev–Trinajstić information content (AvgIpc) is 3.03. The van der Waals surface area contributed by atoms with Crippen molar-refractivity contribution in [3.63, 3.8) is 0 Å². The second-order valence-electron chi connectivity index (χ2n) is 6.19. The van der Waals surface area contributed by atoms with Crippen molar-refractivity contribution in [2.75, 3.05) is 31.6 Å². The predicted octanol–water partition coefficient (Wildman–Crippen LogP) is 3.24. The molecule has 0 unspecified atom stereocenters. The van der Waals surface area contributed by atoms with Gasteiger partial charge >= 0.3 is 0 Å². The largest absolute Gasteiger partial charge is 0.345 e. The zero-order valence-electron chi connectivity index (χ0n) is 13.3. The van der Waals surface area contributed by atoms with Crippen LogP contribution in [0, 0.1) is 5.92 Å². The van der Waals surface area contributed by atoms with Gasteiger partial charge in [-0.3, -0.25) is 4.90 Å². The molecule has 0 aliphatic carbocycles. The first kappa shape index (κ1) is 15.1. The molecule has 0 radical (unpaired) electrons. The Morgan fingerprint density at radius 2 is 1.73 bits per heavy atom. The van der Waals surface area contributed by atoms with E-state index < -0.39 is 0 Å². The van der Waals surface area contributed by atoms with Gasteiger partial charge in [0.25, 0.3) is 0 Å². The smallest absolute Gasteiger partial charge is 0.0408 e. The number of hydrogen-bond donors (Lipinski definition) is 1. The van der Waals surface area contributed by atoms with Crippen LogP contribution in [-0.4, -0.2) is 31.6 Å². The molecule has 3 rings (SSSR count). The van der Waals surface area contributed by atoms with E-state index in [0.29, 0.717) is 5.92 Å². The molecule has 0 saturated carbocycles. The number of nitrogens with zero attached hydrogens (tertiary/aromatic N) is 2. The molecule has 0 amide bonds. The zero-order valence-corrected chi connectivity index (χ0v) is 13.3. The molecule has 1 aliphatic rings. The molecule has 0 spiro atoms. The molecule has 3 heteroatoms. The molecule has 22 heavy (non-hydrogen) atoms. The van der Waals surface area contributed by atoms with Gasteiger partial charge in [-0.25, -0.2) is 0 Å². The second kappa shape index (κ2) is 6.95. The molecule has 2 aromatic rings. The van der Waals surface area contributed by atoms with Crippen molar-refractivity contribution in [1.82, 2.24) is 4.90 Å². The van der Waals surface area contributed by atoms with Crippen molar-refractivity contribution in [3.05, 3.63) is 60.2 Å². The maximum absolute atomic E-state index is 5.77. The fourth-order valence-electron chi connectivity index (χ4n) is 3.13. The lowest BCUT2D eigenvalue weighted by atomic mass is 10.1. The van der Waals surface area contributed by atoms with Crippen molar-refractivity contribution in [2.24, 2.45) is 11.7 Å².